The molecule has 3 aromatic carbocycles. The predicted molar refractivity (Wildman–Crippen MR) is 138 cm³/mol. The molecule has 2 heterocycles. The molecule has 0 radical (unpaired) electrons. The SMILES string of the molecule is CCOc1ccc(C2NC(=O)N(Cc3ccc(F)cc3)C(C)=C2c2nc(-c3cccc(C)c3)no2)cc1. The van der Waals surface area contributed by atoms with Crippen molar-refractivity contribution >= 4 is 11.6 Å². The number of aromatic nitrogens is 2. The normalized spacial score (nSPS) is 15.6. The molecular formula is C29H27FN4O3. The second kappa shape index (κ2) is 10.3. The van der Waals surface area contributed by atoms with E-state index in [4.69, 9.17) is 14.2 Å². The molecule has 7 nitrogen and oxygen atoms in total. The number of halogens is 1. The van der Waals surface area contributed by atoms with Gasteiger partial charge in [-0.15, -0.1) is 0 Å². The monoisotopic (exact) mass is 498 g/mol. The van der Waals surface area contributed by atoms with Crippen LogP contribution in [0.2, 0.25) is 0 Å². The van der Waals surface area contributed by atoms with Crippen molar-refractivity contribution in [1.29, 1.82) is 0 Å². The number of ether oxygens (including phenoxy) is 1. The standard InChI is InChI=1S/C29H27FN4O3/c1-4-36-24-14-10-21(11-15-24)26-25(28-32-27(33-37-28)22-7-5-6-18(2)16-22)19(3)34(29(35)31-26)17-20-8-12-23(30)13-9-20/h5-16,26H,4,17H2,1-3H3,(H,31,35). The van der Waals surface area contributed by atoms with E-state index >= 15 is 0 Å². The van der Waals surface area contributed by atoms with Crippen molar-refractivity contribution in [3.8, 4) is 17.1 Å². The lowest BCUT2D eigenvalue weighted by molar-refractivity contribution is 0.203. The van der Waals surface area contributed by atoms with Crippen molar-refractivity contribution in [2.24, 2.45) is 0 Å². The number of rotatable bonds is 7. The van der Waals surface area contributed by atoms with E-state index in [-0.39, 0.29) is 18.4 Å². The first-order valence-corrected chi connectivity index (χ1v) is 12.1. The molecule has 8 heteroatoms. The molecule has 1 aliphatic heterocycles. The van der Waals surface area contributed by atoms with Crippen LogP contribution in [0.25, 0.3) is 17.0 Å². The van der Waals surface area contributed by atoms with E-state index < -0.39 is 6.04 Å². The van der Waals surface area contributed by atoms with E-state index in [1.807, 2.05) is 69.3 Å². The minimum absolute atomic E-state index is 0.260. The summed E-state index contributed by atoms with van der Waals surface area (Å²) in [6.45, 7) is 6.61. The van der Waals surface area contributed by atoms with Gasteiger partial charge in [-0.05, 0) is 62.2 Å². The van der Waals surface area contributed by atoms with E-state index in [2.05, 4.69) is 10.5 Å². The van der Waals surface area contributed by atoms with E-state index in [0.29, 0.717) is 29.6 Å². The lowest BCUT2D eigenvalue weighted by atomic mass is 9.94. The summed E-state index contributed by atoms with van der Waals surface area (Å²) in [7, 11) is 0. The fourth-order valence-electron chi connectivity index (χ4n) is 4.43. The van der Waals surface area contributed by atoms with Crippen molar-refractivity contribution in [3.63, 3.8) is 0 Å². The number of carbonyl (C=O) groups is 1. The molecule has 37 heavy (non-hydrogen) atoms. The van der Waals surface area contributed by atoms with Crippen LogP contribution < -0.4 is 10.1 Å². The largest absolute Gasteiger partial charge is 0.494 e. The van der Waals surface area contributed by atoms with Gasteiger partial charge in [0.1, 0.15) is 11.6 Å². The van der Waals surface area contributed by atoms with Gasteiger partial charge in [-0.1, -0.05) is 53.2 Å². The number of amides is 2. The number of carbonyl (C=O) groups excluding carboxylic acids is 1. The third-order valence-corrected chi connectivity index (χ3v) is 6.31. The van der Waals surface area contributed by atoms with Crippen molar-refractivity contribution in [2.45, 2.75) is 33.4 Å². The van der Waals surface area contributed by atoms with Gasteiger partial charge in [0.25, 0.3) is 5.89 Å². The molecule has 2 amide bonds. The first-order valence-electron chi connectivity index (χ1n) is 12.1. The summed E-state index contributed by atoms with van der Waals surface area (Å²) >= 11 is 0. The highest BCUT2D eigenvalue weighted by atomic mass is 19.1. The lowest BCUT2D eigenvalue weighted by Gasteiger charge is -2.35. The van der Waals surface area contributed by atoms with Crippen LogP contribution in [0.15, 0.2) is 83.0 Å². The van der Waals surface area contributed by atoms with Gasteiger partial charge in [0.2, 0.25) is 5.82 Å². The van der Waals surface area contributed by atoms with Crippen molar-refractivity contribution < 1.29 is 18.4 Å². The summed E-state index contributed by atoms with van der Waals surface area (Å²) in [5.74, 6) is 1.20. The van der Waals surface area contributed by atoms with Gasteiger partial charge in [0.15, 0.2) is 0 Å². The zero-order valence-corrected chi connectivity index (χ0v) is 20.9. The van der Waals surface area contributed by atoms with Gasteiger partial charge in [-0.25, -0.2) is 9.18 Å². The maximum atomic E-state index is 13.4. The lowest BCUT2D eigenvalue weighted by Crippen LogP contribution is -2.45. The molecule has 1 aliphatic rings. The summed E-state index contributed by atoms with van der Waals surface area (Å²) in [5, 5.41) is 7.32. The Bertz CT molecular complexity index is 1440. The number of aryl methyl sites for hydroxylation is 1. The quantitative estimate of drug-likeness (QED) is 0.324. The maximum Gasteiger partial charge on any atom is 0.322 e. The molecule has 0 bridgehead atoms. The summed E-state index contributed by atoms with van der Waals surface area (Å²) in [6.07, 6.45) is 0. The molecule has 0 spiro atoms. The van der Waals surface area contributed by atoms with Gasteiger partial charge < -0.3 is 14.6 Å². The smallest absolute Gasteiger partial charge is 0.322 e. The second-order valence-corrected chi connectivity index (χ2v) is 8.89. The zero-order chi connectivity index (χ0) is 25.9. The number of benzene rings is 3. The highest BCUT2D eigenvalue weighted by Gasteiger charge is 2.35. The van der Waals surface area contributed by atoms with E-state index in [9.17, 15) is 9.18 Å². The van der Waals surface area contributed by atoms with Crippen LogP contribution in [0.1, 0.15) is 42.5 Å². The molecule has 0 aliphatic carbocycles. The molecule has 1 N–H and O–H groups in total. The van der Waals surface area contributed by atoms with Gasteiger partial charge in [0, 0.05) is 11.3 Å². The van der Waals surface area contributed by atoms with Gasteiger partial charge in [0.05, 0.1) is 24.8 Å². The topological polar surface area (TPSA) is 80.5 Å². The Labute approximate surface area is 214 Å². The summed E-state index contributed by atoms with van der Waals surface area (Å²) in [6, 6.07) is 20.7. The van der Waals surface area contributed by atoms with Crippen LogP contribution in [0.5, 0.6) is 5.75 Å². The summed E-state index contributed by atoms with van der Waals surface area (Å²) in [4.78, 5) is 19.6. The molecule has 188 valence electrons. The molecule has 1 atom stereocenters. The Morgan fingerprint density at radius 1 is 1.05 bits per heavy atom. The van der Waals surface area contributed by atoms with Crippen LogP contribution in [0.4, 0.5) is 9.18 Å². The number of urea groups is 1. The Balaban J connectivity index is 1.57. The average Bonchev–Trinajstić information content (AvgIpc) is 3.38. The molecule has 0 saturated carbocycles. The average molecular weight is 499 g/mol. The van der Waals surface area contributed by atoms with Crippen molar-refractivity contribution in [1.82, 2.24) is 20.4 Å². The minimum atomic E-state index is -0.515. The molecule has 4 aromatic rings. The van der Waals surface area contributed by atoms with Gasteiger partial charge in [-0.2, -0.15) is 4.98 Å². The van der Waals surface area contributed by atoms with Crippen molar-refractivity contribution in [2.75, 3.05) is 6.61 Å². The van der Waals surface area contributed by atoms with Crippen LogP contribution in [0.3, 0.4) is 0 Å². The number of nitrogens with one attached hydrogen (secondary N) is 1. The number of hydrogen-bond acceptors (Lipinski definition) is 5. The number of allylic oxidation sites excluding steroid dienone is 1. The van der Waals surface area contributed by atoms with E-state index in [0.717, 1.165) is 28.0 Å². The highest BCUT2D eigenvalue weighted by molar-refractivity contribution is 5.87. The number of hydrogen-bond donors (Lipinski definition) is 1. The van der Waals surface area contributed by atoms with E-state index in [1.165, 1.54) is 12.1 Å². The Morgan fingerprint density at radius 2 is 1.81 bits per heavy atom. The molecule has 0 saturated heterocycles. The van der Waals surface area contributed by atoms with Gasteiger partial charge >= 0.3 is 6.03 Å². The van der Waals surface area contributed by atoms with Crippen LogP contribution in [-0.2, 0) is 6.54 Å². The molecule has 0 fully saturated rings. The summed E-state index contributed by atoms with van der Waals surface area (Å²) in [5.41, 5.74) is 4.93. The van der Waals surface area contributed by atoms with Crippen LogP contribution in [-0.4, -0.2) is 27.7 Å². The van der Waals surface area contributed by atoms with Crippen molar-refractivity contribution in [3.05, 3.63) is 107 Å². The van der Waals surface area contributed by atoms with Crippen LogP contribution >= 0.6 is 0 Å². The second-order valence-electron chi connectivity index (χ2n) is 8.89. The third kappa shape index (κ3) is 5.09. The number of nitrogens with zero attached hydrogens (tertiary/aromatic N) is 3. The summed E-state index contributed by atoms with van der Waals surface area (Å²) < 4.78 is 24.8. The zero-order valence-electron chi connectivity index (χ0n) is 20.9. The maximum absolute atomic E-state index is 13.4. The first kappa shape index (κ1) is 24.2. The minimum Gasteiger partial charge on any atom is -0.494 e. The molecule has 1 aromatic heterocycles. The Kier molecular flexibility index (Phi) is 6.72. The van der Waals surface area contributed by atoms with Gasteiger partial charge in [-0.3, -0.25) is 4.90 Å². The fraction of sp³-hybridized carbons (Fsp3) is 0.207. The fourth-order valence-corrected chi connectivity index (χ4v) is 4.43. The predicted octanol–water partition coefficient (Wildman–Crippen LogP) is 6.28. The van der Waals surface area contributed by atoms with E-state index in [1.54, 1.807) is 17.0 Å². The van der Waals surface area contributed by atoms with Crippen LogP contribution in [0, 0.1) is 12.7 Å². The molecular weight excluding hydrogens is 471 g/mol. The Morgan fingerprint density at radius 3 is 2.51 bits per heavy atom. The Hall–Kier alpha value is -4.46. The molecule has 5 rings (SSSR count). The molecule has 1 unspecified atom stereocenters. The highest BCUT2D eigenvalue weighted by Crippen LogP contribution is 2.38. The third-order valence-electron chi connectivity index (χ3n) is 6.31. The first-order chi connectivity index (χ1) is 17.9.